The van der Waals surface area contributed by atoms with Gasteiger partial charge >= 0.3 is 6.03 Å². The zero-order valence-corrected chi connectivity index (χ0v) is 16.6. The maximum absolute atomic E-state index is 12.9. The van der Waals surface area contributed by atoms with Crippen LogP contribution in [0.2, 0.25) is 10.0 Å². The van der Waals surface area contributed by atoms with Gasteiger partial charge in [-0.1, -0.05) is 41.4 Å². The first-order valence-electron chi connectivity index (χ1n) is 8.29. The van der Waals surface area contributed by atoms with Crippen LogP contribution >= 0.6 is 23.2 Å². The summed E-state index contributed by atoms with van der Waals surface area (Å²) in [5.41, 5.74) is -0.476. The van der Waals surface area contributed by atoms with E-state index < -0.39 is 29.9 Å². The molecule has 1 atom stereocenters. The Morgan fingerprint density at radius 2 is 1.89 bits per heavy atom. The summed E-state index contributed by atoms with van der Waals surface area (Å²) in [6, 6.07) is 10.8. The molecule has 2 aromatic carbocycles. The second kappa shape index (κ2) is 7.69. The Hall–Kier alpha value is -2.77. The molecule has 0 aromatic heterocycles. The lowest BCUT2D eigenvalue weighted by Gasteiger charge is -2.23. The monoisotopic (exact) mass is 421 g/mol. The van der Waals surface area contributed by atoms with Crippen LogP contribution in [0.15, 0.2) is 42.5 Å². The molecule has 1 aliphatic rings. The minimum atomic E-state index is -1.35. The van der Waals surface area contributed by atoms with E-state index in [2.05, 4.69) is 10.6 Å². The molecule has 0 unspecified atom stereocenters. The fourth-order valence-corrected chi connectivity index (χ4v) is 3.56. The number of halogens is 2. The van der Waals surface area contributed by atoms with Crippen molar-refractivity contribution < 1.29 is 19.1 Å². The molecule has 2 aromatic rings. The summed E-state index contributed by atoms with van der Waals surface area (Å²) in [4.78, 5) is 38.4. The zero-order chi connectivity index (χ0) is 20.5. The Morgan fingerprint density at radius 1 is 1.18 bits per heavy atom. The van der Waals surface area contributed by atoms with E-state index in [0.717, 1.165) is 4.90 Å². The number of nitrogens with zero attached hydrogens (tertiary/aromatic N) is 1. The van der Waals surface area contributed by atoms with Crippen molar-refractivity contribution >= 4 is 46.7 Å². The van der Waals surface area contributed by atoms with Crippen molar-refractivity contribution in [1.29, 1.82) is 0 Å². The topological polar surface area (TPSA) is 87.7 Å². The van der Waals surface area contributed by atoms with Crippen LogP contribution in [-0.2, 0) is 15.1 Å². The highest BCUT2D eigenvalue weighted by molar-refractivity contribution is 6.32. The molecule has 7 nitrogen and oxygen atoms in total. The van der Waals surface area contributed by atoms with E-state index in [1.165, 1.54) is 13.2 Å². The number of urea groups is 1. The average Bonchev–Trinajstić information content (AvgIpc) is 2.86. The van der Waals surface area contributed by atoms with Crippen LogP contribution in [0.1, 0.15) is 12.5 Å². The second-order valence-electron chi connectivity index (χ2n) is 6.32. The molecule has 0 bridgehead atoms. The Morgan fingerprint density at radius 3 is 2.54 bits per heavy atom. The normalized spacial score (nSPS) is 18.8. The molecule has 0 aliphatic carbocycles. The zero-order valence-electron chi connectivity index (χ0n) is 15.1. The minimum Gasteiger partial charge on any atom is -0.495 e. The average molecular weight is 422 g/mol. The number of amides is 4. The van der Waals surface area contributed by atoms with Crippen LogP contribution in [-0.4, -0.2) is 36.4 Å². The van der Waals surface area contributed by atoms with Gasteiger partial charge < -0.3 is 15.4 Å². The molecule has 0 spiro atoms. The van der Waals surface area contributed by atoms with Gasteiger partial charge in [0.2, 0.25) is 5.91 Å². The predicted octanol–water partition coefficient (Wildman–Crippen LogP) is 3.41. The first-order valence-corrected chi connectivity index (χ1v) is 9.04. The van der Waals surface area contributed by atoms with Gasteiger partial charge in [0.1, 0.15) is 17.8 Å². The molecule has 0 saturated carbocycles. The fraction of sp³-hybridized carbons (Fsp3) is 0.211. The van der Waals surface area contributed by atoms with Gasteiger partial charge in [0, 0.05) is 16.3 Å². The van der Waals surface area contributed by atoms with E-state index >= 15 is 0 Å². The molecule has 1 aliphatic heterocycles. The smallest absolute Gasteiger partial charge is 0.325 e. The van der Waals surface area contributed by atoms with E-state index in [-0.39, 0.29) is 0 Å². The van der Waals surface area contributed by atoms with Crippen molar-refractivity contribution in [2.75, 3.05) is 19.0 Å². The van der Waals surface area contributed by atoms with Gasteiger partial charge in [0.05, 0.1) is 12.1 Å². The predicted molar refractivity (Wildman–Crippen MR) is 106 cm³/mol. The van der Waals surface area contributed by atoms with Crippen LogP contribution in [0, 0.1) is 0 Å². The molecule has 3 rings (SSSR count). The molecule has 146 valence electrons. The Labute approximate surface area is 171 Å². The van der Waals surface area contributed by atoms with Gasteiger partial charge in [-0.15, -0.1) is 0 Å². The van der Waals surface area contributed by atoms with E-state index in [9.17, 15) is 14.4 Å². The van der Waals surface area contributed by atoms with Crippen molar-refractivity contribution in [3.05, 3.63) is 58.1 Å². The number of methoxy groups -OCH3 is 1. The van der Waals surface area contributed by atoms with Crippen LogP contribution in [0.4, 0.5) is 10.5 Å². The van der Waals surface area contributed by atoms with E-state index in [1.54, 1.807) is 43.3 Å². The Bertz CT molecular complexity index is 966. The summed E-state index contributed by atoms with van der Waals surface area (Å²) in [5, 5.41) is 5.88. The van der Waals surface area contributed by atoms with E-state index in [4.69, 9.17) is 27.9 Å². The van der Waals surface area contributed by atoms with Crippen LogP contribution in [0.5, 0.6) is 5.75 Å². The van der Waals surface area contributed by atoms with Gasteiger partial charge in [-0.2, -0.15) is 0 Å². The number of hydrogen-bond donors (Lipinski definition) is 2. The van der Waals surface area contributed by atoms with Crippen molar-refractivity contribution in [3.63, 3.8) is 0 Å². The van der Waals surface area contributed by atoms with Crippen molar-refractivity contribution in [2.24, 2.45) is 0 Å². The quantitative estimate of drug-likeness (QED) is 0.723. The van der Waals surface area contributed by atoms with Gasteiger partial charge in [-0.3, -0.25) is 14.5 Å². The number of nitrogens with one attached hydrogen (secondary N) is 2. The summed E-state index contributed by atoms with van der Waals surface area (Å²) < 4.78 is 5.05. The molecule has 1 heterocycles. The number of carbonyl (C=O) groups excluding carboxylic acids is 3. The number of hydrogen-bond acceptors (Lipinski definition) is 4. The lowest BCUT2D eigenvalue weighted by molar-refractivity contribution is -0.133. The molecule has 1 saturated heterocycles. The van der Waals surface area contributed by atoms with Crippen molar-refractivity contribution in [2.45, 2.75) is 12.5 Å². The number of anilines is 1. The minimum absolute atomic E-state index is 0.321. The van der Waals surface area contributed by atoms with E-state index in [1.807, 2.05) is 0 Å². The lowest BCUT2D eigenvalue weighted by Crippen LogP contribution is -2.42. The third-order valence-corrected chi connectivity index (χ3v) is 5.05. The van der Waals surface area contributed by atoms with Gasteiger partial charge in [0.25, 0.3) is 5.91 Å². The molecule has 28 heavy (non-hydrogen) atoms. The van der Waals surface area contributed by atoms with Crippen molar-refractivity contribution in [3.8, 4) is 5.75 Å². The van der Waals surface area contributed by atoms with Crippen LogP contribution in [0.25, 0.3) is 0 Å². The highest BCUT2D eigenvalue weighted by atomic mass is 35.5. The Kier molecular flexibility index (Phi) is 5.49. The third-order valence-electron chi connectivity index (χ3n) is 4.42. The molecule has 1 fully saturated rings. The molecule has 0 radical (unpaired) electrons. The SMILES string of the molecule is COc1ccc(NC(=O)CN2C(=O)N[C@@](C)(c3ccccc3Cl)C2=O)cc1Cl. The van der Waals surface area contributed by atoms with E-state index in [0.29, 0.717) is 27.0 Å². The van der Waals surface area contributed by atoms with Crippen LogP contribution < -0.4 is 15.4 Å². The molecule has 4 amide bonds. The third kappa shape index (κ3) is 3.63. The summed E-state index contributed by atoms with van der Waals surface area (Å²) in [6.07, 6.45) is 0. The van der Waals surface area contributed by atoms with Crippen molar-refractivity contribution in [1.82, 2.24) is 10.2 Å². The second-order valence-corrected chi connectivity index (χ2v) is 7.14. The Balaban J connectivity index is 1.75. The first-order chi connectivity index (χ1) is 13.3. The standard InChI is InChI=1S/C19H17Cl2N3O4/c1-19(12-5-3-4-6-13(12)20)17(26)24(18(27)23-19)10-16(25)22-11-7-8-15(28-2)14(21)9-11/h3-9H,10H2,1-2H3,(H,22,25)(H,23,27)/t19-/m0/s1. The summed E-state index contributed by atoms with van der Waals surface area (Å²) in [5.74, 6) is -0.647. The maximum Gasteiger partial charge on any atom is 0.325 e. The summed E-state index contributed by atoms with van der Waals surface area (Å²) in [6.45, 7) is 1.10. The molecule has 2 N–H and O–H groups in total. The number of ether oxygens (including phenoxy) is 1. The fourth-order valence-electron chi connectivity index (χ4n) is 2.98. The summed E-state index contributed by atoms with van der Waals surface area (Å²) in [7, 11) is 1.48. The van der Waals surface area contributed by atoms with Gasteiger partial charge in [-0.05, 0) is 31.2 Å². The molecular formula is C19H17Cl2N3O4. The number of carbonyl (C=O) groups is 3. The maximum atomic E-state index is 12.9. The largest absolute Gasteiger partial charge is 0.495 e. The highest BCUT2D eigenvalue weighted by Crippen LogP contribution is 2.33. The molecular weight excluding hydrogens is 405 g/mol. The lowest BCUT2D eigenvalue weighted by atomic mass is 9.92. The highest BCUT2D eigenvalue weighted by Gasteiger charge is 2.50. The van der Waals surface area contributed by atoms with Gasteiger partial charge in [0.15, 0.2) is 0 Å². The number of benzene rings is 2. The number of rotatable bonds is 5. The number of imide groups is 1. The summed E-state index contributed by atoms with van der Waals surface area (Å²) >= 11 is 12.2. The molecule has 9 heteroatoms. The first kappa shape index (κ1) is 20.0. The van der Waals surface area contributed by atoms with Crippen LogP contribution in [0.3, 0.4) is 0 Å². The van der Waals surface area contributed by atoms with Gasteiger partial charge in [-0.25, -0.2) is 4.79 Å².